The largest absolute Gasteiger partial charge is 0.479 e. The fraction of sp³-hybridized carbons (Fsp3) is 0.900. The highest BCUT2D eigenvalue weighted by Gasteiger charge is 2.57. The van der Waals surface area contributed by atoms with Crippen LogP contribution in [0.4, 0.5) is 0 Å². The Bertz CT molecular complexity index is 1530. The second-order valence-corrected chi connectivity index (χ2v) is 14.1. The maximum absolute atomic E-state index is 12.3. The van der Waals surface area contributed by atoms with Crippen molar-refractivity contribution in [1.82, 2.24) is 10.0 Å². The average Bonchev–Trinajstić information content (AvgIpc) is 2.96. The van der Waals surface area contributed by atoms with Crippen molar-refractivity contribution in [3.05, 3.63) is 0 Å². The molecule has 3 heterocycles. The molecular weight excluding hydrogens is 764 g/mol. The van der Waals surface area contributed by atoms with Crippen molar-refractivity contribution in [3.8, 4) is 0 Å². The number of carbonyl (C=O) groups is 2. The molecule has 1 amide bonds. The fourth-order valence-electron chi connectivity index (χ4n) is 5.11. The van der Waals surface area contributed by atoms with Crippen LogP contribution in [-0.4, -0.2) is 192 Å². The lowest BCUT2D eigenvalue weighted by Gasteiger charge is -2.48. The maximum atomic E-state index is 12.3. The Kier molecular flexibility index (Phi) is 14.0. The predicted molar refractivity (Wildman–Crippen MR) is 147 cm³/mol. The number of amides is 1. The van der Waals surface area contributed by atoms with Crippen LogP contribution < -0.4 is 10.0 Å². The maximum Gasteiger partial charge on any atom is 0.397 e. The SMILES string of the molecule is CC(=O)N[C@H]1[C@@H](O[C@H]2[C@H](O)[C@@H](OS(=O)(=O)O)[C@H](O[C@H]3[C@H](O)[C@@H](NS(=O)(=O)O)C(O)O[C@@H]3CO)O[C@H]2C(=O)O)O[C@H](COS(=O)(=O)O)[C@@H](O)[C@@H]1O. The van der Waals surface area contributed by atoms with Crippen molar-refractivity contribution in [2.24, 2.45) is 0 Å². The summed E-state index contributed by atoms with van der Waals surface area (Å²) in [7, 11) is -16.0. The van der Waals surface area contributed by atoms with Crippen LogP contribution in [0.1, 0.15) is 6.92 Å². The highest BCUT2D eigenvalue weighted by Crippen LogP contribution is 2.34. The number of rotatable bonds is 14. The molecule has 0 aromatic carbocycles. The van der Waals surface area contributed by atoms with E-state index in [1.807, 2.05) is 0 Å². The highest BCUT2D eigenvalue weighted by molar-refractivity contribution is 7.83. The molecule has 3 saturated heterocycles. The van der Waals surface area contributed by atoms with Crippen molar-refractivity contribution >= 4 is 43.0 Å². The van der Waals surface area contributed by atoms with Crippen LogP contribution in [0.3, 0.4) is 0 Å². The van der Waals surface area contributed by atoms with E-state index in [4.69, 9.17) is 32.8 Å². The molecule has 0 saturated carbocycles. The fourth-order valence-corrected chi connectivity index (χ4v) is 6.51. The number of aliphatic carboxylic acids is 1. The molecule has 30 heteroatoms. The lowest BCUT2D eigenvalue weighted by atomic mass is 9.94. The van der Waals surface area contributed by atoms with Crippen LogP contribution in [0.15, 0.2) is 0 Å². The van der Waals surface area contributed by atoms with Crippen LogP contribution in [0.5, 0.6) is 0 Å². The summed E-state index contributed by atoms with van der Waals surface area (Å²) in [6.07, 6.45) is -29.8. The zero-order valence-electron chi connectivity index (χ0n) is 24.9. The summed E-state index contributed by atoms with van der Waals surface area (Å²) >= 11 is 0. The molecule has 0 radical (unpaired) electrons. The van der Waals surface area contributed by atoms with Crippen molar-refractivity contribution in [1.29, 1.82) is 0 Å². The third kappa shape index (κ3) is 11.1. The first-order valence-electron chi connectivity index (χ1n) is 13.6. The van der Waals surface area contributed by atoms with Crippen molar-refractivity contribution in [2.75, 3.05) is 13.2 Å². The monoisotopic (exact) mass is 798 g/mol. The van der Waals surface area contributed by atoms with Gasteiger partial charge >= 0.3 is 37.1 Å². The van der Waals surface area contributed by atoms with Gasteiger partial charge in [-0.25, -0.2) is 13.2 Å². The van der Waals surface area contributed by atoms with Gasteiger partial charge in [0.2, 0.25) is 5.91 Å². The van der Waals surface area contributed by atoms with Gasteiger partial charge in [0.25, 0.3) is 0 Å². The van der Waals surface area contributed by atoms with Gasteiger partial charge in [0, 0.05) is 6.92 Å². The number of nitrogens with one attached hydrogen (secondary N) is 2. The van der Waals surface area contributed by atoms with E-state index in [1.54, 1.807) is 0 Å². The lowest BCUT2D eigenvalue weighted by molar-refractivity contribution is -0.358. The molecule has 292 valence electrons. The van der Waals surface area contributed by atoms with Crippen molar-refractivity contribution < 1.29 is 116 Å². The van der Waals surface area contributed by atoms with Gasteiger partial charge in [-0.3, -0.25) is 18.5 Å². The Labute approximate surface area is 281 Å². The highest BCUT2D eigenvalue weighted by atomic mass is 32.3. The van der Waals surface area contributed by atoms with E-state index < -0.39 is 148 Å². The van der Waals surface area contributed by atoms with E-state index in [-0.39, 0.29) is 0 Å². The van der Waals surface area contributed by atoms with Gasteiger partial charge in [-0.1, -0.05) is 0 Å². The molecule has 3 fully saturated rings. The first-order valence-corrected chi connectivity index (χ1v) is 17.8. The van der Waals surface area contributed by atoms with Crippen LogP contribution >= 0.6 is 0 Å². The summed E-state index contributed by atoms with van der Waals surface area (Å²) in [5.74, 6) is -2.98. The van der Waals surface area contributed by atoms with E-state index in [0.717, 1.165) is 6.92 Å². The van der Waals surface area contributed by atoms with Gasteiger partial charge in [-0.15, -0.1) is 0 Å². The Morgan fingerprint density at radius 1 is 0.720 bits per heavy atom. The molecule has 0 aromatic heterocycles. The second kappa shape index (κ2) is 16.4. The summed E-state index contributed by atoms with van der Waals surface area (Å²) in [4.78, 5) is 24.2. The molecule has 27 nitrogen and oxygen atoms in total. The number of aliphatic hydroxyl groups is 6. The number of hydrogen-bond acceptors (Lipinski definition) is 21. The van der Waals surface area contributed by atoms with E-state index in [9.17, 15) is 75.1 Å². The normalized spacial score (nSPS) is 40.2. The molecule has 3 rings (SSSR count). The first kappa shape index (κ1) is 42.5. The molecule has 12 N–H and O–H groups in total. The molecule has 0 spiro atoms. The van der Waals surface area contributed by atoms with E-state index in [0.29, 0.717) is 0 Å². The lowest BCUT2D eigenvalue weighted by Crippen LogP contribution is -2.69. The van der Waals surface area contributed by atoms with Crippen LogP contribution in [0.25, 0.3) is 0 Å². The summed E-state index contributed by atoms with van der Waals surface area (Å²) in [5, 5.41) is 74.8. The molecule has 3 aliphatic rings. The van der Waals surface area contributed by atoms with Gasteiger partial charge in [-0.05, 0) is 0 Å². The summed E-state index contributed by atoms with van der Waals surface area (Å²) in [6, 6.07) is -4.05. The third-order valence-electron chi connectivity index (χ3n) is 7.19. The van der Waals surface area contributed by atoms with Gasteiger partial charge in [0.15, 0.2) is 31.1 Å². The molecule has 50 heavy (non-hydrogen) atoms. The Hall–Kier alpha value is -1.89. The molecular formula is C20H34N2O25S3. The minimum atomic E-state index is -5.66. The number of carboxylic acid groups (broad SMARTS) is 1. The van der Waals surface area contributed by atoms with Gasteiger partial charge in [0.05, 0.1) is 13.2 Å². The standard InChI is InChI=1S/C20H34N2O25S3/c1-4(24)21-8-10(26)9(25)6(3-41-49(35,36)37)43-19(8)45-14-12(28)15(47-50(38,39)40)20(46-16(14)17(29)30)44-13-5(2-23)42-18(31)7(11(13)27)22-48(32,33)34/h5-16,18-20,22-23,25-28,31H,2-3H2,1H3,(H,21,24)(H,29,30)(H,32,33,34)(H,35,36,37)(H,38,39,40)/t5-,6-,7-,8-,9-,10-,11-,12+,13-,14+,15-,16-,18?,19-,20-/m1/s1. The zero-order valence-corrected chi connectivity index (χ0v) is 27.3. The number of aliphatic hydroxyl groups excluding tert-OH is 6. The quantitative estimate of drug-likeness (QED) is 0.0726. The first-order chi connectivity index (χ1) is 22.8. The number of carboxylic acids is 1. The molecule has 15 atom stereocenters. The van der Waals surface area contributed by atoms with Gasteiger partial charge < -0.3 is 64.7 Å². The molecule has 0 aromatic rings. The third-order valence-corrected chi connectivity index (χ3v) is 8.66. The minimum absolute atomic E-state index is 0.901. The minimum Gasteiger partial charge on any atom is -0.479 e. The van der Waals surface area contributed by atoms with Crippen LogP contribution in [0.2, 0.25) is 0 Å². The zero-order chi connectivity index (χ0) is 38.1. The Morgan fingerprint density at radius 2 is 1.32 bits per heavy atom. The molecule has 0 aliphatic carbocycles. The van der Waals surface area contributed by atoms with Gasteiger partial charge in [-0.2, -0.15) is 30.0 Å². The van der Waals surface area contributed by atoms with E-state index in [1.165, 1.54) is 4.72 Å². The summed E-state index contributed by atoms with van der Waals surface area (Å²) in [6.45, 7) is -1.47. The van der Waals surface area contributed by atoms with Crippen LogP contribution in [-0.2, 0) is 72.7 Å². The Morgan fingerprint density at radius 3 is 1.82 bits per heavy atom. The number of hydrogen-bond donors (Lipinski definition) is 12. The molecule has 3 aliphatic heterocycles. The number of carbonyl (C=O) groups excluding carboxylic acids is 1. The smallest absolute Gasteiger partial charge is 0.397 e. The number of ether oxygens (including phenoxy) is 5. The van der Waals surface area contributed by atoms with E-state index >= 15 is 0 Å². The predicted octanol–water partition coefficient (Wildman–Crippen LogP) is -8.28. The Balaban J connectivity index is 2.00. The van der Waals surface area contributed by atoms with E-state index in [2.05, 4.69) is 13.7 Å². The summed E-state index contributed by atoms with van der Waals surface area (Å²) in [5.41, 5.74) is 0. The van der Waals surface area contributed by atoms with Crippen molar-refractivity contribution in [2.45, 2.75) is 98.9 Å². The molecule has 1 unspecified atom stereocenters. The summed E-state index contributed by atoms with van der Waals surface area (Å²) < 4.78 is 132. The average molecular weight is 799 g/mol. The van der Waals surface area contributed by atoms with Crippen molar-refractivity contribution in [3.63, 3.8) is 0 Å². The second-order valence-electron chi connectivity index (χ2n) is 10.8. The topological polar surface area (TPSA) is 428 Å². The van der Waals surface area contributed by atoms with Gasteiger partial charge in [0.1, 0.15) is 60.9 Å². The molecule has 0 bridgehead atoms. The van der Waals surface area contributed by atoms with Crippen LogP contribution in [0, 0.1) is 0 Å².